The molecule has 3 amide bonds. The minimum absolute atomic E-state index is 0.00232. The number of piperidine rings is 1. The smallest absolute Gasteiger partial charge is 0.332 e. The number of alkyl halides is 3. The summed E-state index contributed by atoms with van der Waals surface area (Å²) in [6, 6.07) is 0.468. The van der Waals surface area contributed by atoms with Gasteiger partial charge in [-0.3, -0.25) is 10.1 Å². The molecule has 1 aliphatic heterocycles. The van der Waals surface area contributed by atoms with Crippen LogP contribution in [0.4, 0.5) is 28.2 Å². The number of amides is 3. The third-order valence-corrected chi connectivity index (χ3v) is 3.18. The van der Waals surface area contributed by atoms with Gasteiger partial charge in [-0.05, 0) is 25.0 Å². The van der Waals surface area contributed by atoms with Crippen LogP contribution in [0.15, 0.2) is 18.3 Å². The lowest BCUT2D eigenvalue weighted by atomic mass is 10.0. The first-order valence-electron chi connectivity index (χ1n) is 6.79. The normalized spacial score (nSPS) is 18.7. The van der Waals surface area contributed by atoms with Crippen LogP contribution in [-0.2, 0) is 4.79 Å². The fourth-order valence-corrected chi connectivity index (χ4v) is 2.21. The summed E-state index contributed by atoms with van der Waals surface area (Å²) in [5.74, 6) is -1.31. The van der Waals surface area contributed by atoms with Gasteiger partial charge in [-0.15, -0.1) is 0 Å². The summed E-state index contributed by atoms with van der Waals surface area (Å²) in [6.45, 7) is -1.34. The zero-order chi connectivity index (χ0) is 17.0. The van der Waals surface area contributed by atoms with E-state index in [4.69, 9.17) is 0 Å². The molecular weight excluding hydrogens is 320 g/mol. The Morgan fingerprint density at radius 1 is 1.39 bits per heavy atom. The predicted octanol–water partition coefficient (Wildman–Crippen LogP) is 1.90. The molecule has 1 fully saturated rings. The molecule has 23 heavy (non-hydrogen) atoms. The van der Waals surface area contributed by atoms with Gasteiger partial charge in [0.05, 0.1) is 6.20 Å². The number of nitrogens with zero attached hydrogens (tertiary/aromatic N) is 2. The lowest BCUT2D eigenvalue weighted by Crippen LogP contribution is -2.54. The number of nitrogens with one attached hydrogen (secondary N) is 2. The van der Waals surface area contributed by atoms with E-state index < -0.39 is 36.5 Å². The number of halogens is 4. The van der Waals surface area contributed by atoms with E-state index in [1.165, 1.54) is 6.07 Å². The number of rotatable bonds is 3. The van der Waals surface area contributed by atoms with Crippen molar-refractivity contribution in [3.05, 3.63) is 24.1 Å². The SMILES string of the molecule is O=C(Nc1ccc(F)cn1)N[C@H]1CCCN(CC(F)(F)F)C1=O. The highest BCUT2D eigenvalue weighted by Gasteiger charge is 2.37. The number of carbonyl (C=O) groups excluding carboxylic acids is 2. The average molecular weight is 334 g/mol. The summed E-state index contributed by atoms with van der Waals surface area (Å²) in [7, 11) is 0. The molecule has 0 aliphatic carbocycles. The molecule has 1 aromatic heterocycles. The van der Waals surface area contributed by atoms with Crippen molar-refractivity contribution in [2.75, 3.05) is 18.4 Å². The Balaban J connectivity index is 1.92. The van der Waals surface area contributed by atoms with E-state index in [0.717, 1.165) is 12.3 Å². The van der Waals surface area contributed by atoms with Gasteiger partial charge in [0.25, 0.3) is 0 Å². The summed E-state index contributed by atoms with van der Waals surface area (Å²) in [5.41, 5.74) is 0. The molecule has 0 radical (unpaired) electrons. The van der Waals surface area contributed by atoms with E-state index in [-0.39, 0.29) is 18.8 Å². The van der Waals surface area contributed by atoms with E-state index >= 15 is 0 Å². The van der Waals surface area contributed by atoms with Crippen molar-refractivity contribution in [1.29, 1.82) is 0 Å². The Labute approximate surface area is 128 Å². The molecule has 1 aromatic rings. The van der Waals surface area contributed by atoms with Crippen LogP contribution in [0.25, 0.3) is 0 Å². The van der Waals surface area contributed by atoms with Gasteiger partial charge in [-0.1, -0.05) is 0 Å². The molecule has 1 saturated heterocycles. The van der Waals surface area contributed by atoms with Gasteiger partial charge in [-0.2, -0.15) is 13.2 Å². The van der Waals surface area contributed by atoms with Gasteiger partial charge in [0.2, 0.25) is 5.91 Å². The van der Waals surface area contributed by atoms with E-state index in [0.29, 0.717) is 11.3 Å². The fraction of sp³-hybridized carbons (Fsp3) is 0.462. The van der Waals surface area contributed by atoms with Crippen molar-refractivity contribution >= 4 is 17.8 Å². The van der Waals surface area contributed by atoms with Crippen LogP contribution in [0.2, 0.25) is 0 Å². The number of hydrogen-bond donors (Lipinski definition) is 2. The molecule has 2 N–H and O–H groups in total. The zero-order valence-electron chi connectivity index (χ0n) is 11.9. The maximum Gasteiger partial charge on any atom is 0.406 e. The summed E-state index contributed by atoms with van der Waals surface area (Å²) in [5, 5.41) is 4.58. The second-order valence-corrected chi connectivity index (χ2v) is 5.03. The van der Waals surface area contributed by atoms with Gasteiger partial charge >= 0.3 is 12.2 Å². The minimum atomic E-state index is -4.49. The van der Waals surface area contributed by atoms with Crippen molar-refractivity contribution in [2.24, 2.45) is 0 Å². The van der Waals surface area contributed by atoms with Gasteiger partial charge < -0.3 is 10.2 Å². The van der Waals surface area contributed by atoms with Crippen LogP contribution in [0.5, 0.6) is 0 Å². The van der Waals surface area contributed by atoms with Crippen molar-refractivity contribution in [1.82, 2.24) is 15.2 Å². The molecule has 0 aromatic carbocycles. The Hall–Kier alpha value is -2.39. The average Bonchev–Trinajstić information content (AvgIpc) is 2.44. The van der Waals surface area contributed by atoms with Crippen LogP contribution in [0.1, 0.15) is 12.8 Å². The molecule has 1 atom stereocenters. The molecule has 2 rings (SSSR count). The topological polar surface area (TPSA) is 74.3 Å². The summed E-state index contributed by atoms with van der Waals surface area (Å²) >= 11 is 0. The molecule has 1 aliphatic rings. The molecule has 2 heterocycles. The first kappa shape index (κ1) is 17.0. The zero-order valence-corrected chi connectivity index (χ0v) is 11.9. The Bertz CT molecular complexity index is 576. The fourth-order valence-electron chi connectivity index (χ4n) is 2.21. The van der Waals surface area contributed by atoms with Gasteiger partial charge in [0.15, 0.2) is 0 Å². The van der Waals surface area contributed by atoms with Crippen molar-refractivity contribution in [3.8, 4) is 0 Å². The third-order valence-electron chi connectivity index (χ3n) is 3.18. The van der Waals surface area contributed by atoms with Crippen LogP contribution < -0.4 is 10.6 Å². The summed E-state index contributed by atoms with van der Waals surface area (Å²) in [4.78, 5) is 28.0. The number of urea groups is 1. The monoisotopic (exact) mass is 334 g/mol. The van der Waals surface area contributed by atoms with Crippen molar-refractivity contribution in [3.63, 3.8) is 0 Å². The highest BCUT2D eigenvalue weighted by atomic mass is 19.4. The van der Waals surface area contributed by atoms with Crippen molar-refractivity contribution < 1.29 is 27.2 Å². The quantitative estimate of drug-likeness (QED) is 0.829. The number of hydrogen-bond acceptors (Lipinski definition) is 3. The number of pyridine rings is 1. The minimum Gasteiger partial charge on any atom is -0.332 e. The molecule has 126 valence electrons. The highest BCUT2D eigenvalue weighted by molar-refractivity contribution is 5.93. The highest BCUT2D eigenvalue weighted by Crippen LogP contribution is 2.20. The molecule has 6 nitrogen and oxygen atoms in total. The van der Waals surface area contributed by atoms with E-state index in [9.17, 15) is 27.2 Å². The molecule has 0 spiro atoms. The maximum atomic E-state index is 12.7. The number of anilines is 1. The van der Waals surface area contributed by atoms with Crippen LogP contribution >= 0.6 is 0 Å². The summed E-state index contributed by atoms with van der Waals surface area (Å²) in [6.07, 6.45) is -3.00. The third kappa shape index (κ3) is 5.08. The molecule has 0 saturated carbocycles. The Kier molecular flexibility index (Phi) is 5.02. The van der Waals surface area contributed by atoms with Gasteiger partial charge in [0.1, 0.15) is 24.2 Å². The first-order valence-corrected chi connectivity index (χ1v) is 6.79. The second kappa shape index (κ2) is 6.80. The Morgan fingerprint density at radius 2 is 2.13 bits per heavy atom. The Morgan fingerprint density at radius 3 is 2.74 bits per heavy atom. The lowest BCUT2D eigenvalue weighted by molar-refractivity contribution is -0.164. The molecule has 0 unspecified atom stereocenters. The van der Waals surface area contributed by atoms with Crippen LogP contribution in [-0.4, -0.2) is 47.1 Å². The van der Waals surface area contributed by atoms with E-state index in [2.05, 4.69) is 15.6 Å². The number of likely N-dealkylation sites (tertiary alicyclic amines) is 1. The van der Waals surface area contributed by atoms with E-state index in [1.807, 2.05) is 0 Å². The number of aromatic nitrogens is 1. The van der Waals surface area contributed by atoms with Gasteiger partial charge in [-0.25, -0.2) is 14.2 Å². The van der Waals surface area contributed by atoms with Crippen LogP contribution in [0, 0.1) is 5.82 Å². The summed E-state index contributed by atoms with van der Waals surface area (Å²) < 4.78 is 49.9. The van der Waals surface area contributed by atoms with E-state index in [1.54, 1.807) is 0 Å². The second-order valence-electron chi connectivity index (χ2n) is 5.03. The predicted molar refractivity (Wildman–Crippen MR) is 72.0 cm³/mol. The van der Waals surface area contributed by atoms with Crippen LogP contribution in [0.3, 0.4) is 0 Å². The maximum absolute atomic E-state index is 12.7. The standard InChI is InChI=1S/C13H14F4N4O2/c14-8-3-4-10(18-6-8)20-12(23)19-9-2-1-5-21(11(9)22)7-13(15,16)17/h3-4,6,9H,1-2,5,7H2,(H2,18,19,20,23)/t9-/m0/s1. The molecule has 0 bridgehead atoms. The van der Waals surface area contributed by atoms with Crippen molar-refractivity contribution in [2.45, 2.75) is 25.1 Å². The first-order chi connectivity index (χ1) is 10.7. The van der Waals surface area contributed by atoms with Gasteiger partial charge in [0, 0.05) is 6.54 Å². The number of carbonyl (C=O) groups is 2. The largest absolute Gasteiger partial charge is 0.406 e. The molecular formula is C13H14F4N4O2. The lowest BCUT2D eigenvalue weighted by Gasteiger charge is -2.33. The molecule has 10 heteroatoms.